The molecule has 2 aromatic heterocycles. The molecule has 0 amide bonds. The molecule has 9 heavy (non-hydrogen) atoms. The minimum atomic E-state index is 0. The first kappa shape index (κ1) is 6.77. The van der Waals surface area contributed by atoms with Gasteiger partial charge in [0.05, 0.1) is 0 Å². The van der Waals surface area contributed by atoms with Crippen LogP contribution in [-0.2, 0) is 0 Å². The van der Waals surface area contributed by atoms with Gasteiger partial charge in [0.2, 0.25) is 0 Å². The topological polar surface area (TPSA) is 17.3 Å². The second kappa shape index (κ2) is 2.49. The van der Waals surface area contributed by atoms with Crippen molar-refractivity contribution < 1.29 is 0 Å². The average molecular weight is 205 g/mol. The first-order chi connectivity index (χ1) is 3.97. The number of aromatic nitrogens is 2. The van der Waals surface area contributed by atoms with Crippen molar-refractivity contribution in [1.29, 1.82) is 0 Å². The van der Waals surface area contributed by atoms with Crippen molar-refractivity contribution >= 4 is 33.3 Å². The molecular weight excluding hydrogens is 200 g/mol. The number of halogens is 1. The summed E-state index contributed by atoms with van der Waals surface area (Å²) in [5.74, 6) is 0. The lowest BCUT2D eigenvalue weighted by Gasteiger charge is -1.71. The Morgan fingerprint density at radius 2 is 2.33 bits per heavy atom. The van der Waals surface area contributed by atoms with Crippen LogP contribution in [0.2, 0.25) is 0 Å². The van der Waals surface area contributed by atoms with E-state index >= 15 is 0 Å². The van der Waals surface area contributed by atoms with Crippen LogP contribution in [-0.4, -0.2) is 9.38 Å². The molecule has 0 aliphatic carbocycles. The van der Waals surface area contributed by atoms with Gasteiger partial charge in [-0.25, -0.2) is 4.98 Å². The predicted molar refractivity (Wildman–Crippen MR) is 43.4 cm³/mol. The van der Waals surface area contributed by atoms with Gasteiger partial charge in [-0.2, -0.15) is 0 Å². The van der Waals surface area contributed by atoms with E-state index in [0.717, 1.165) is 4.96 Å². The number of thiazole rings is 1. The standard InChI is InChI=1S/C5H4N2S.BrH/c1-2-7-3-4-8-5(7)6-1;/h1-4H;1H. The van der Waals surface area contributed by atoms with Gasteiger partial charge in [0.15, 0.2) is 4.96 Å². The molecule has 2 aromatic rings. The van der Waals surface area contributed by atoms with E-state index in [-0.39, 0.29) is 17.0 Å². The molecule has 2 nitrogen and oxygen atoms in total. The maximum Gasteiger partial charge on any atom is 0.193 e. The summed E-state index contributed by atoms with van der Waals surface area (Å²) < 4.78 is 1.99. The molecule has 0 aliphatic rings. The Bertz CT molecular complexity index is 236. The zero-order chi connectivity index (χ0) is 5.40. The monoisotopic (exact) mass is 204 g/mol. The fourth-order valence-electron chi connectivity index (χ4n) is 0.661. The lowest BCUT2D eigenvalue weighted by Crippen LogP contribution is -1.66. The number of fused-ring (bicyclic) bond motifs is 1. The summed E-state index contributed by atoms with van der Waals surface area (Å²) in [7, 11) is 0. The first-order valence-corrected chi connectivity index (χ1v) is 3.21. The van der Waals surface area contributed by atoms with E-state index in [1.807, 2.05) is 22.2 Å². The van der Waals surface area contributed by atoms with Crippen molar-refractivity contribution in [1.82, 2.24) is 9.38 Å². The lowest BCUT2D eigenvalue weighted by molar-refractivity contribution is 1.23. The van der Waals surface area contributed by atoms with E-state index in [2.05, 4.69) is 4.98 Å². The van der Waals surface area contributed by atoms with Gasteiger partial charge in [0, 0.05) is 24.0 Å². The molecule has 2 rings (SSSR count). The molecule has 0 aliphatic heterocycles. The molecule has 0 aromatic carbocycles. The third kappa shape index (κ3) is 0.997. The van der Waals surface area contributed by atoms with Crippen LogP contribution in [0.25, 0.3) is 4.96 Å². The molecule has 0 spiro atoms. The fraction of sp³-hybridized carbons (Fsp3) is 0. The summed E-state index contributed by atoms with van der Waals surface area (Å²) in [6, 6.07) is 0. The van der Waals surface area contributed by atoms with Crippen LogP contribution < -0.4 is 0 Å². The van der Waals surface area contributed by atoms with Crippen LogP contribution in [0.1, 0.15) is 0 Å². The van der Waals surface area contributed by atoms with Crippen molar-refractivity contribution in [2.75, 3.05) is 0 Å². The van der Waals surface area contributed by atoms with Crippen molar-refractivity contribution in [2.24, 2.45) is 0 Å². The summed E-state index contributed by atoms with van der Waals surface area (Å²) in [6.45, 7) is 0. The van der Waals surface area contributed by atoms with Gasteiger partial charge in [0.1, 0.15) is 0 Å². The molecule has 4 heteroatoms. The Balaban J connectivity index is 0.000000405. The summed E-state index contributed by atoms with van der Waals surface area (Å²) in [5, 5.41) is 2.02. The summed E-state index contributed by atoms with van der Waals surface area (Å²) in [4.78, 5) is 5.12. The highest BCUT2D eigenvalue weighted by atomic mass is 79.9. The van der Waals surface area contributed by atoms with E-state index in [1.54, 1.807) is 17.5 Å². The fourth-order valence-corrected chi connectivity index (χ4v) is 1.34. The van der Waals surface area contributed by atoms with Gasteiger partial charge in [-0.15, -0.1) is 28.3 Å². The Hall–Kier alpha value is -0.350. The van der Waals surface area contributed by atoms with Crippen molar-refractivity contribution in [3.63, 3.8) is 0 Å². The Morgan fingerprint density at radius 1 is 1.44 bits per heavy atom. The molecule has 0 N–H and O–H groups in total. The van der Waals surface area contributed by atoms with Crippen molar-refractivity contribution in [2.45, 2.75) is 0 Å². The third-order valence-electron chi connectivity index (χ3n) is 1.03. The minimum absolute atomic E-state index is 0. The van der Waals surface area contributed by atoms with E-state index in [0.29, 0.717) is 0 Å². The largest absolute Gasteiger partial charge is 0.298 e. The SMILES string of the molecule is Br.c1cn2ccsc2n1. The smallest absolute Gasteiger partial charge is 0.193 e. The molecule has 0 saturated carbocycles. The molecule has 0 unspecified atom stereocenters. The second-order valence-corrected chi connectivity index (χ2v) is 2.39. The van der Waals surface area contributed by atoms with Crippen LogP contribution in [0.5, 0.6) is 0 Å². The molecule has 0 bridgehead atoms. The molecule has 0 saturated heterocycles. The maximum atomic E-state index is 4.06. The second-order valence-electron chi connectivity index (χ2n) is 1.52. The third-order valence-corrected chi connectivity index (χ3v) is 1.81. The summed E-state index contributed by atoms with van der Waals surface area (Å²) in [5.41, 5.74) is 0. The van der Waals surface area contributed by atoms with Crippen LogP contribution in [0.3, 0.4) is 0 Å². The van der Waals surface area contributed by atoms with Crippen molar-refractivity contribution in [3.05, 3.63) is 24.0 Å². The minimum Gasteiger partial charge on any atom is -0.298 e. The zero-order valence-electron chi connectivity index (χ0n) is 4.52. The normalized spacial score (nSPS) is 9.33. The summed E-state index contributed by atoms with van der Waals surface area (Å²) >= 11 is 1.65. The quantitative estimate of drug-likeness (QED) is 0.642. The molecule has 48 valence electrons. The van der Waals surface area contributed by atoms with Gasteiger partial charge in [0.25, 0.3) is 0 Å². The molecule has 0 atom stereocenters. The molecule has 2 heterocycles. The van der Waals surface area contributed by atoms with Crippen LogP contribution >= 0.6 is 28.3 Å². The Morgan fingerprint density at radius 3 is 3.11 bits per heavy atom. The van der Waals surface area contributed by atoms with Gasteiger partial charge in [-0.3, -0.25) is 4.40 Å². The Labute approximate surface area is 66.9 Å². The lowest BCUT2D eigenvalue weighted by atomic mass is 10.9. The van der Waals surface area contributed by atoms with Gasteiger partial charge < -0.3 is 0 Å². The van der Waals surface area contributed by atoms with Crippen LogP contribution in [0.4, 0.5) is 0 Å². The number of rotatable bonds is 0. The van der Waals surface area contributed by atoms with Crippen LogP contribution in [0, 0.1) is 0 Å². The molecule has 0 radical (unpaired) electrons. The van der Waals surface area contributed by atoms with Crippen molar-refractivity contribution in [3.8, 4) is 0 Å². The van der Waals surface area contributed by atoms with Crippen LogP contribution in [0.15, 0.2) is 24.0 Å². The number of hydrogen-bond donors (Lipinski definition) is 0. The molecular formula is C5H5BrN2S. The van der Waals surface area contributed by atoms with E-state index in [9.17, 15) is 0 Å². The highest BCUT2D eigenvalue weighted by molar-refractivity contribution is 8.93. The maximum absolute atomic E-state index is 4.06. The van der Waals surface area contributed by atoms with Gasteiger partial charge in [-0.1, -0.05) is 0 Å². The number of imidazole rings is 1. The Kier molecular flexibility index (Phi) is 1.87. The number of hydrogen-bond acceptors (Lipinski definition) is 2. The predicted octanol–water partition coefficient (Wildman–Crippen LogP) is 1.97. The van der Waals surface area contributed by atoms with E-state index in [4.69, 9.17) is 0 Å². The highest BCUT2D eigenvalue weighted by Crippen LogP contribution is 2.06. The average Bonchev–Trinajstić information content (AvgIpc) is 2.15. The van der Waals surface area contributed by atoms with E-state index in [1.165, 1.54) is 0 Å². The van der Waals surface area contributed by atoms with Gasteiger partial charge in [-0.05, 0) is 0 Å². The van der Waals surface area contributed by atoms with Gasteiger partial charge >= 0.3 is 0 Å². The zero-order valence-corrected chi connectivity index (χ0v) is 7.05. The number of nitrogens with zero attached hydrogens (tertiary/aromatic N) is 2. The molecule has 0 fully saturated rings. The summed E-state index contributed by atoms with van der Waals surface area (Å²) in [6.07, 6.45) is 5.73. The van der Waals surface area contributed by atoms with E-state index < -0.39 is 0 Å². The first-order valence-electron chi connectivity index (χ1n) is 2.33. The highest BCUT2D eigenvalue weighted by Gasteiger charge is 1.88.